The topological polar surface area (TPSA) is 15.3 Å². The van der Waals surface area contributed by atoms with Crippen molar-refractivity contribution in [3.05, 3.63) is 0 Å². The number of rotatable bonds is 4. The van der Waals surface area contributed by atoms with Crippen LogP contribution in [0.15, 0.2) is 0 Å². The van der Waals surface area contributed by atoms with Crippen molar-refractivity contribution >= 4 is 0 Å². The first-order valence-electron chi connectivity index (χ1n) is 7.33. The molecule has 2 nitrogen and oxygen atoms in total. The molecule has 0 spiro atoms. The zero-order valence-corrected chi connectivity index (χ0v) is 11.9. The summed E-state index contributed by atoms with van der Waals surface area (Å²) < 4.78 is 39.0. The number of alkyl halides is 3. The van der Waals surface area contributed by atoms with Crippen LogP contribution in [0.3, 0.4) is 0 Å². The molecule has 2 unspecified atom stereocenters. The van der Waals surface area contributed by atoms with Gasteiger partial charge < -0.3 is 10.2 Å². The van der Waals surface area contributed by atoms with E-state index in [2.05, 4.69) is 10.2 Å². The minimum Gasteiger partial charge on any atom is -0.312 e. The fourth-order valence-electron chi connectivity index (χ4n) is 3.46. The Morgan fingerprint density at radius 1 is 1.11 bits per heavy atom. The van der Waals surface area contributed by atoms with Gasteiger partial charge in [0.2, 0.25) is 0 Å². The van der Waals surface area contributed by atoms with Crippen molar-refractivity contribution < 1.29 is 13.2 Å². The number of nitrogens with one attached hydrogen (secondary N) is 1. The summed E-state index contributed by atoms with van der Waals surface area (Å²) >= 11 is 0. The van der Waals surface area contributed by atoms with Gasteiger partial charge in [0, 0.05) is 18.1 Å². The molecule has 1 N–H and O–H groups in total. The van der Waals surface area contributed by atoms with Gasteiger partial charge in [0.25, 0.3) is 0 Å². The predicted octanol–water partition coefficient (Wildman–Crippen LogP) is 3.18. The molecule has 2 fully saturated rings. The van der Waals surface area contributed by atoms with E-state index >= 15 is 0 Å². The van der Waals surface area contributed by atoms with Crippen molar-refractivity contribution in [3.8, 4) is 0 Å². The number of nitrogens with zero attached hydrogens (tertiary/aromatic N) is 1. The van der Waals surface area contributed by atoms with E-state index in [9.17, 15) is 13.2 Å². The fraction of sp³-hybridized carbons (Fsp3) is 1.00. The molecule has 0 aromatic rings. The van der Waals surface area contributed by atoms with Crippen LogP contribution in [0.1, 0.15) is 44.9 Å². The molecule has 2 atom stereocenters. The third-order valence-corrected chi connectivity index (χ3v) is 5.11. The number of halogens is 3. The van der Waals surface area contributed by atoms with E-state index < -0.39 is 12.1 Å². The average Bonchev–Trinajstić information content (AvgIpc) is 2.26. The monoisotopic (exact) mass is 278 g/mol. The third-order valence-electron chi connectivity index (χ3n) is 5.11. The van der Waals surface area contributed by atoms with Gasteiger partial charge in [0.05, 0.1) is 5.92 Å². The standard InChI is InChI=1S/C14H25F3N2/c1-19(2)13(8-5-9-13)10-18-12-7-4-3-6-11(12)14(15,16)17/h11-12,18H,3-10H2,1-2H3. The van der Waals surface area contributed by atoms with E-state index in [-0.39, 0.29) is 18.0 Å². The van der Waals surface area contributed by atoms with Gasteiger partial charge in [-0.25, -0.2) is 0 Å². The van der Waals surface area contributed by atoms with E-state index in [0.717, 1.165) is 19.3 Å². The molecule has 5 heteroatoms. The quantitative estimate of drug-likeness (QED) is 0.849. The highest BCUT2D eigenvalue weighted by Gasteiger charge is 2.46. The largest absolute Gasteiger partial charge is 0.393 e. The van der Waals surface area contributed by atoms with Crippen LogP contribution in [0.2, 0.25) is 0 Å². The molecule has 0 bridgehead atoms. The highest BCUT2D eigenvalue weighted by Crippen LogP contribution is 2.39. The second-order valence-corrected chi connectivity index (χ2v) is 6.39. The Bertz CT molecular complexity index is 298. The lowest BCUT2D eigenvalue weighted by Crippen LogP contribution is -2.59. The third kappa shape index (κ3) is 3.24. The van der Waals surface area contributed by atoms with Gasteiger partial charge in [-0.1, -0.05) is 12.8 Å². The molecule has 0 saturated heterocycles. The van der Waals surface area contributed by atoms with Crippen molar-refractivity contribution in [3.63, 3.8) is 0 Å². The number of likely N-dealkylation sites (N-methyl/N-ethyl adjacent to an activating group) is 1. The summed E-state index contributed by atoms with van der Waals surface area (Å²) in [5.41, 5.74) is 0.0909. The van der Waals surface area contributed by atoms with E-state index in [1.54, 1.807) is 0 Å². The summed E-state index contributed by atoms with van der Waals surface area (Å²) in [4.78, 5) is 2.18. The first-order chi connectivity index (χ1) is 8.85. The molecule has 0 aromatic heterocycles. The smallest absolute Gasteiger partial charge is 0.312 e. The molecule has 0 radical (unpaired) electrons. The summed E-state index contributed by atoms with van der Waals surface area (Å²) in [6.07, 6.45) is 1.90. The first-order valence-corrected chi connectivity index (χ1v) is 7.33. The molecular formula is C14H25F3N2. The molecule has 0 aromatic carbocycles. The van der Waals surface area contributed by atoms with Crippen LogP contribution >= 0.6 is 0 Å². The van der Waals surface area contributed by atoms with Crippen molar-refractivity contribution in [2.75, 3.05) is 20.6 Å². The van der Waals surface area contributed by atoms with Crippen LogP contribution in [0.5, 0.6) is 0 Å². The summed E-state index contributed by atoms with van der Waals surface area (Å²) in [6, 6.07) is -0.383. The Hall–Kier alpha value is -0.290. The zero-order chi connectivity index (χ0) is 14.1. The Balaban J connectivity index is 1.93. The Morgan fingerprint density at radius 2 is 1.74 bits per heavy atom. The van der Waals surface area contributed by atoms with Gasteiger partial charge in [-0.2, -0.15) is 13.2 Å². The van der Waals surface area contributed by atoms with Gasteiger partial charge >= 0.3 is 6.18 Å². The second-order valence-electron chi connectivity index (χ2n) is 6.39. The first kappa shape index (κ1) is 15.1. The average molecular weight is 278 g/mol. The van der Waals surface area contributed by atoms with Crippen molar-refractivity contribution in [1.29, 1.82) is 0 Å². The minimum atomic E-state index is -4.05. The predicted molar refractivity (Wildman–Crippen MR) is 70.1 cm³/mol. The molecule has 2 aliphatic carbocycles. The molecule has 19 heavy (non-hydrogen) atoms. The van der Waals surface area contributed by atoms with E-state index in [0.29, 0.717) is 19.4 Å². The maximum absolute atomic E-state index is 13.0. The highest BCUT2D eigenvalue weighted by atomic mass is 19.4. The van der Waals surface area contributed by atoms with E-state index in [1.165, 1.54) is 6.42 Å². The minimum absolute atomic E-state index is 0.0909. The van der Waals surface area contributed by atoms with Crippen LogP contribution in [0.25, 0.3) is 0 Å². The van der Waals surface area contributed by atoms with Crippen molar-refractivity contribution in [2.45, 2.75) is 62.7 Å². The lowest BCUT2D eigenvalue weighted by molar-refractivity contribution is -0.189. The van der Waals surface area contributed by atoms with Crippen LogP contribution in [0, 0.1) is 5.92 Å². The summed E-state index contributed by atoms with van der Waals surface area (Å²) in [7, 11) is 4.06. The molecule has 2 rings (SSSR count). The summed E-state index contributed by atoms with van der Waals surface area (Å²) in [6.45, 7) is 0.692. The fourth-order valence-corrected chi connectivity index (χ4v) is 3.46. The zero-order valence-electron chi connectivity index (χ0n) is 11.9. The SMILES string of the molecule is CN(C)C1(CNC2CCCCC2C(F)(F)F)CCC1. The van der Waals surface area contributed by atoms with Gasteiger partial charge in [-0.05, 0) is 46.2 Å². The van der Waals surface area contributed by atoms with Crippen molar-refractivity contribution in [1.82, 2.24) is 10.2 Å². The molecule has 0 heterocycles. The summed E-state index contributed by atoms with van der Waals surface area (Å²) in [5.74, 6) is -1.15. The molecule has 0 aliphatic heterocycles. The van der Waals surface area contributed by atoms with Gasteiger partial charge in [0.1, 0.15) is 0 Å². The van der Waals surface area contributed by atoms with Crippen LogP contribution < -0.4 is 5.32 Å². The molecule has 0 amide bonds. The van der Waals surface area contributed by atoms with Crippen LogP contribution in [-0.4, -0.2) is 43.3 Å². The lowest BCUT2D eigenvalue weighted by atomic mass is 9.75. The molecule has 2 aliphatic rings. The maximum atomic E-state index is 13.0. The molecule has 112 valence electrons. The lowest BCUT2D eigenvalue weighted by Gasteiger charge is -2.49. The van der Waals surface area contributed by atoms with Crippen LogP contribution in [-0.2, 0) is 0 Å². The van der Waals surface area contributed by atoms with Gasteiger partial charge in [-0.3, -0.25) is 0 Å². The Labute approximate surface area is 113 Å². The summed E-state index contributed by atoms with van der Waals surface area (Å²) in [5, 5.41) is 3.24. The van der Waals surface area contributed by atoms with E-state index in [1.807, 2.05) is 14.1 Å². The maximum Gasteiger partial charge on any atom is 0.393 e. The van der Waals surface area contributed by atoms with E-state index in [4.69, 9.17) is 0 Å². The highest BCUT2D eigenvalue weighted by molar-refractivity contribution is 4.99. The van der Waals surface area contributed by atoms with Gasteiger partial charge in [-0.15, -0.1) is 0 Å². The normalized spacial score (nSPS) is 31.3. The number of hydrogen-bond acceptors (Lipinski definition) is 2. The van der Waals surface area contributed by atoms with Gasteiger partial charge in [0.15, 0.2) is 0 Å². The molecule has 2 saturated carbocycles. The Morgan fingerprint density at radius 3 is 2.21 bits per heavy atom. The molecular weight excluding hydrogens is 253 g/mol. The second kappa shape index (κ2) is 5.60. The van der Waals surface area contributed by atoms with Crippen LogP contribution in [0.4, 0.5) is 13.2 Å². The Kier molecular flexibility index (Phi) is 4.45. The van der Waals surface area contributed by atoms with Crippen molar-refractivity contribution in [2.24, 2.45) is 5.92 Å². The number of hydrogen-bond donors (Lipinski definition) is 1.